The van der Waals surface area contributed by atoms with Crippen LogP contribution in [0.2, 0.25) is 0 Å². The molecule has 0 radical (unpaired) electrons. The summed E-state index contributed by atoms with van der Waals surface area (Å²) in [5, 5.41) is 0. The van der Waals surface area contributed by atoms with Crippen molar-refractivity contribution in [3.8, 4) is 0 Å². The average molecular weight is 285 g/mol. The number of allylic oxidation sites excluding steroid dienone is 2. The lowest BCUT2D eigenvalue weighted by Crippen LogP contribution is -2.24. The number of fused-ring (bicyclic) bond motifs is 3. The van der Waals surface area contributed by atoms with Crippen molar-refractivity contribution in [1.29, 1.82) is 0 Å². The van der Waals surface area contributed by atoms with Gasteiger partial charge in [-0.05, 0) is 34.8 Å². The van der Waals surface area contributed by atoms with E-state index >= 15 is 0 Å². The van der Waals surface area contributed by atoms with Crippen molar-refractivity contribution in [2.24, 2.45) is 0 Å². The molecule has 2 aromatic carbocycles. The Labute approximate surface area is 131 Å². The summed E-state index contributed by atoms with van der Waals surface area (Å²) in [6, 6.07) is 19.7. The van der Waals surface area contributed by atoms with E-state index in [0.717, 1.165) is 6.42 Å². The average Bonchev–Trinajstić information content (AvgIpc) is 2.61. The highest BCUT2D eigenvalue weighted by molar-refractivity contribution is 5.80. The minimum Gasteiger partial charge on any atom is -0.343 e. The molecule has 0 amide bonds. The monoisotopic (exact) mass is 285 g/mol. The number of nitrogens with zero attached hydrogens (tertiary/aromatic N) is 1. The molecule has 108 valence electrons. The molecule has 4 rings (SSSR count). The molecule has 1 atom stereocenters. The highest BCUT2D eigenvalue weighted by Gasteiger charge is 2.25. The third-order valence-corrected chi connectivity index (χ3v) is 4.51. The summed E-state index contributed by atoms with van der Waals surface area (Å²) >= 11 is 0. The van der Waals surface area contributed by atoms with E-state index in [0.29, 0.717) is 6.04 Å². The van der Waals surface area contributed by atoms with Crippen LogP contribution in [0.1, 0.15) is 36.1 Å². The first kappa shape index (κ1) is 13.1. The molecular formula is C21H19N. The summed E-state index contributed by atoms with van der Waals surface area (Å²) in [5.74, 6) is 0. The second-order valence-corrected chi connectivity index (χ2v) is 5.79. The molecule has 0 N–H and O–H groups in total. The lowest BCUT2D eigenvalue weighted by atomic mass is 9.87. The van der Waals surface area contributed by atoms with Gasteiger partial charge in [0, 0.05) is 18.0 Å². The van der Waals surface area contributed by atoms with Crippen LogP contribution in [-0.2, 0) is 0 Å². The van der Waals surface area contributed by atoms with Gasteiger partial charge in [-0.25, -0.2) is 0 Å². The molecule has 2 aliphatic rings. The number of hydrogen-bond donors (Lipinski definition) is 0. The molecular weight excluding hydrogens is 266 g/mol. The second kappa shape index (κ2) is 5.34. The van der Waals surface area contributed by atoms with E-state index in [4.69, 9.17) is 0 Å². The van der Waals surface area contributed by atoms with Crippen molar-refractivity contribution in [3.63, 3.8) is 0 Å². The van der Waals surface area contributed by atoms with Gasteiger partial charge in [-0.3, -0.25) is 0 Å². The molecule has 2 aliphatic heterocycles. The van der Waals surface area contributed by atoms with Gasteiger partial charge in [0.25, 0.3) is 0 Å². The maximum Gasteiger partial charge on any atom is 0.0775 e. The van der Waals surface area contributed by atoms with E-state index in [9.17, 15) is 0 Å². The Bertz CT molecular complexity index is 781. The quantitative estimate of drug-likeness (QED) is 0.713. The first-order chi connectivity index (χ1) is 10.9. The third-order valence-electron chi connectivity index (χ3n) is 4.51. The maximum absolute atomic E-state index is 2.42. The van der Waals surface area contributed by atoms with Crippen LogP contribution in [0.4, 0.5) is 0 Å². The van der Waals surface area contributed by atoms with E-state index in [1.807, 2.05) is 0 Å². The van der Waals surface area contributed by atoms with Crippen LogP contribution in [0, 0.1) is 0 Å². The van der Waals surface area contributed by atoms with Gasteiger partial charge in [-0.15, -0.1) is 0 Å². The van der Waals surface area contributed by atoms with Crippen molar-refractivity contribution in [2.75, 3.05) is 0 Å². The van der Waals surface area contributed by atoms with E-state index in [1.54, 1.807) is 0 Å². The molecule has 0 aromatic heterocycles. The van der Waals surface area contributed by atoms with Gasteiger partial charge < -0.3 is 4.90 Å². The largest absolute Gasteiger partial charge is 0.343 e. The third kappa shape index (κ3) is 2.10. The topological polar surface area (TPSA) is 3.24 Å². The van der Waals surface area contributed by atoms with Crippen molar-refractivity contribution in [1.82, 2.24) is 4.90 Å². The van der Waals surface area contributed by atoms with Crippen LogP contribution < -0.4 is 0 Å². The van der Waals surface area contributed by atoms with Crippen LogP contribution in [-0.4, -0.2) is 4.90 Å². The molecule has 1 unspecified atom stereocenters. The molecule has 0 saturated heterocycles. The van der Waals surface area contributed by atoms with Crippen molar-refractivity contribution >= 4 is 11.6 Å². The molecule has 2 heterocycles. The first-order valence-corrected chi connectivity index (χ1v) is 7.89. The molecule has 0 fully saturated rings. The molecule has 1 heteroatoms. The van der Waals surface area contributed by atoms with E-state index in [1.165, 1.54) is 27.8 Å². The smallest absolute Gasteiger partial charge is 0.0775 e. The Hall–Kier alpha value is -2.54. The Morgan fingerprint density at radius 3 is 2.55 bits per heavy atom. The predicted molar refractivity (Wildman–Crippen MR) is 92.8 cm³/mol. The first-order valence-electron chi connectivity index (χ1n) is 7.89. The summed E-state index contributed by atoms with van der Waals surface area (Å²) < 4.78 is 0. The number of benzene rings is 2. The normalized spacial score (nSPS) is 19.1. The summed E-state index contributed by atoms with van der Waals surface area (Å²) in [5.41, 5.74) is 6.77. The van der Waals surface area contributed by atoms with E-state index < -0.39 is 0 Å². The summed E-state index contributed by atoms with van der Waals surface area (Å²) in [6.45, 7) is 2.24. The highest BCUT2D eigenvalue weighted by Crippen LogP contribution is 2.40. The molecule has 1 nitrogen and oxygen atoms in total. The highest BCUT2D eigenvalue weighted by atomic mass is 15.1. The zero-order valence-electron chi connectivity index (χ0n) is 12.7. The lowest BCUT2D eigenvalue weighted by molar-refractivity contribution is 0.429. The minimum atomic E-state index is 0.323. The molecule has 22 heavy (non-hydrogen) atoms. The van der Waals surface area contributed by atoms with Crippen molar-refractivity contribution in [2.45, 2.75) is 19.4 Å². The van der Waals surface area contributed by atoms with Crippen LogP contribution >= 0.6 is 0 Å². The van der Waals surface area contributed by atoms with Gasteiger partial charge in [-0.1, -0.05) is 67.6 Å². The van der Waals surface area contributed by atoms with Crippen LogP contribution in [0.3, 0.4) is 0 Å². The molecule has 0 bridgehead atoms. The molecule has 0 spiro atoms. The Morgan fingerprint density at radius 1 is 0.955 bits per heavy atom. The number of rotatable bonds is 2. The summed E-state index contributed by atoms with van der Waals surface area (Å²) in [7, 11) is 0. The van der Waals surface area contributed by atoms with E-state index in [-0.39, 0.29) is 0 Å². The van der Waals surface area contributed by atoms with Crippen LogP contribution in [0.15, 0.2) is 78.6 Å². The fourth-order valence-corrected chi connectivity index (χ4v) is 3.35. The molecule has 0 saturated carbocycles. The Balaban J connectivity index is 1.81. The van der Waals surface area contributed by atoms with Gasteiger partial charge in [0.15, 0.2) is 0 Å². The minimum absolute atomic E-state index is 0.323. The lowest BCUT2D eigenvalue weighted by Gasteiger charge is -2.35. The fourth-order valence-electron chi connectivity index (χ4n) is 3.35. The summed E-state index contributed by atoms with van der Waals surface area (Å²) in [6.07, 6.45) is 10.2. The molecule has 2 aromatic rings. The number of hydrogen-bond acceptors (Lipinski definition) is 1. The van der Waals surface area contributed by atoms with Gasteiger partial charge in [0.2, 0.25) is 0 Å². The zero-order valence-corrected chi connectivity index (χ0v) is 12.7. The van der Waals surface area contributed by atoms with Crippen molar-refractivity contribution in [3.05, 3.63) is 95.3 Å². The SMILES string of the molecule is CCC1=CC2c3ccccc3C=CN2C=C1c1ccccc1. The standard InChI is InChI=1S/C21H19N/c1-2-16-14-21-19-11-7-6-10-18(19)12-13-22(21)15-20(16)17-8-4-3-5-9-17/h3-15,21H,2H2,1H3. The predicted octanol–water partition coefficient (Wildman–Crippen LogP) is 5.41. The van der Waals surface area contributed by atoms with Crippen LogP contribution in [0.5, 0.6) is 0 Å². The van der Waals surface area contributed by atoms with E-state index in [2.05, 4.69) is 91.0 Å². The zero-order chi connectivity index (χ0) is 14.9. The van der Waals surface area contributed by atoms with Gasteiger partial charge in [-0.2, -0.15) is 0 Å². The summed E-state index contributed by atoms with van der Waals surface area (Å²) in [4.78, 5) is 2.32. The molecule has 0 aliphatic carbocycles. The fraction of sp³-hybridized carbons (Fsp3) is 0.143. The van der Waals surface area contributed by atoms with Crippen LogP contribution in [0.25, 0.3) is 11.6 Å². The van der Waals surface area contributed by atoms with Crippen molar-refractivity contribution < 1.29 is 0 Å². The van der Waals surface area contributed by atoms with Gasteiger partial charge in [0.05, 0.1) is 6.04 Å². The second-order valence-electron chi connectivity index (χ2n) is 5.79. The Kier molecular flexibility index (Phi) is 3.19. The van der Waals surface area contributed by atoms with Gasteiger partial charge >= 0.3 is 0 Å². The maximum atomic E-state index is 2.42. The van der Waals surface area contributed by atoms with Gasteiger partial charge in [0.1, 0.15) is 0 Å². The Morgan fingerprint density at radius 2 is 1.73 bits per heavy atom.